The second-order valence-electron chi connectivity index (χ2n) is 6.74. The van der Waals surface area contributed by atoms with Crippen LogP contribution in [0.3, 0.4) is 0 Å². The number of aryl methyl sites for hydroxylation is 1. The molecule has 3 heterocycles. The molecule has 2 atom stereocenters. The quantitative estimate of drug-likeness (QED) is 0.847. The number of nitrogens with one attached hydrogen (secondary N) is 1. The number of hydrogen-bond acceptors (Lipinski definition) is 3. The van der Waals surface area contributed by atoms with Crippen molar-refractivity contribution in [1.82, 2.24) is 14.9 Å². The summed E-state index contributed by atoms with van der Waals surface area (Å²) in [6.45, 7) is 1.82. The number of amides is 1. The number of hydrogen-bond donors (Lipinski definition) is 1. The van der Waals surface area contributed by atoms with E-state index in [2.05, 4.69) is 14.9 Å². The van der Waals surface area contributed by atoms with Crippen LogP contribution in [0.2, 0.25) is 0 Å². The van der Waals surface area contributed by atoms with E-state index in [9.17, 15) is 9.59 Å². The average molecular weight is 287 g/mol. The van der Waals surface area contributed by atoms with Crippen LogP contribution in [0.1, 0.15) is 49.2 Å². The highest BCUT2D eigenvalue weighted by atomic mass is 16.2. The van der Waals surface area contributed by atoms with Gasteiger partial charge in [-0.1, -0.05) is 6.42 Å². The Hall–Kier alpha value is -1.65. The monoisotopic (exact) mass is 287 g/mol. The van der Waals surface area contributed by atoms with Crippen LogP contribution in [-0.4, -0.2) is 32.9 Å². The molecule has 0 radical (unpaired) electrons. The molecule has 2 aliphatic heterocycles. The van der Waals surface area contributed by atoms with Gasteiger partial charge < -0.3 is 9.88 Å². The molecule has 21 heavy (non-hydrogen) atoms. The third-order valence-electron chi connectivity index (χ3n) is 5.42. The van der Waals surface area contributed by atoms with Crippen molar-refractivity contribution < 1.29 is 4.79 Å². The van der Waals surface area contributed by atoms with Crippen LogP contribution in [0.5, 0.6) is 0 Å². The topological polar surface area (TPSA) is 66.1 Å². The third-order valence-corrected chi connectivity index (χ3v) is 5.42. The van der Waals surface area contributed by atoms with Gasteiger partial charge in [0.05, 0.1) is 5.69 Å². The first kappa shape index (κ1) is 13.0. The number of aromatic nitrogens is 2. The van der Waals surface area contributed by atoms with Crippen molar-refractivity contribution in [1.29, 1.82) is 0 Å². The number of rotatable bonds is 1. The number of carbonyl (C=O) groups is 1. The zero-order chi connectivity index (χ0) is 14.6. The summed E-state index contributed by atoms with van der Waals surface area (Å²) in [6.07, 6.45) is 6.76. The first-order chi connectivity index (χ1) is 10.1. The van der Waals surface area contributed by atoms with Crippen molar-refractivity contribution in [3.8, 4) is 0 Å². The van der Waals surface area contributed by atoms with Gasteiger partial charge in [-0.25, -0.2) is 4.98 Å². The van der Waals surface area contributed by atoms with E-state index in [-0.39, 0.29) is 23.6 Å². The molecule has 3 aliphatic rings. The van der Waals surface area contributed by atoms with Crippen LogP contribution < -0.4 is 5.56 Å². The van der Waals surface area contributed by atoms with E-state index in [0.29, 0.717) is 18.2 Å². The van der Waals surface area contributed by atoms with Gasteiger partial charge in [-0.2, -0.15) is 0 Å². The molecule has 1 saturated heterocycles. The fraction of sp³-hybridized carbons (Fsp3) is 0.688. The van der Waals surface area contributed by atoms with Gasteiger partial charge in [0.2, 0.25) is 5.91 Å². The molecule has 5 heteroatoms. The molecule has 1 aliphatic carbocycles. The average Bonchev–Trinajstić information content (AvgIpc) is 2.64. The molecule has 2 bridgehead atoms. The highest BCUT2D eigenvalue weighted by Crippen LogP contribution is 2.37. The molecule has 2 fully saturated rings. The second-order valence-corrected chi connectivity index (χ2v) is 6.74. The molecule has 112 valence electrons. The molecular formula is C16H21N3O2. The third kappa shape index (κ3) is 2.01. The van der Waals surface area contributed by atoms with E-state index in [1.54, 1.807) is 0 Å². The number of fused-ring (bicyclic) bond motifs is 3. The standard InChI is InChI=1S/C16H21N3O2/c1-9-17-14-8-12-6-5-11(7-13(14)15(20)18-9)19(12)16(21)10-3-2-4-10/h10-12H,2-8H2,1H3,(H,17,18,20)/t11-,12+/m1/s1. The van der Waals surface area contributed by atoms with Gasteiger partial charge in [0, 0.05) is 36.4 Å². The van der Waals surface area contributed by atoms with Crippen molar-refractivity contribution in [2.75, 3.05) is 0 Å². The zero-order valence-corrected chi connectivity index (χ0v) is 12.4. The van der Waals surface area contributed by atoms with E-state index >= 15 is 0 Å². The Labute approximate surface area is 123 Å². The maximum atomic E-state index is 12.7. The van der Waals surface area contributed by atoms with E-state index in [0.717, 1.165) is 43.4 Å². The largest absolute Gasteiger partial charge is 0.336 e. The van der Waals surface area contributed by atoms with Gasteiger partial charge in [0.15, 0.2) is 0 Å². The minimum absolute atomic E-state index is 0.0129. The molecule has 1 amide bonds. The minimum atomic E-state index is -0.0129. The molecule has 5 nitrogen and oxygen atoms in total. The summed E-state index contributed by atoms with van der Waals surface area (Å²) in [4.78, 5) is 34.4. The summed E-state index contributed by atoms with van der Waals surface area (Å²) >= 11 is 0. The lowest BCUT2D eigenvalue weighted by atomic mass is 9.84. The first-order valence-corrected chi connectivity index (χ1v) is 8.04. The molecule has 1 N–H and O–H groups in total. The molecule has 1 aromatic rings. The van der Waals surface area contributed by atoms with E-state index < -0.39 is 0 Å². The number of nitrogens with zero attached hydrogens (tertiary/aromatic N) is 2. The SMILES string of the molecule is Cc1nc2c(c(=O)[nH]1)C[C@H]1CC[C@@H](C2)N1C(=O)C1CCC1. The van der Waals surface area contributed by atoms with Gasteiger partial charge in [-0.05, 0) is 32.6 Å². The smallest absolute Gasteiger partial charge is 0.254 e. The van der Waals surface area contributed by atoms with Crippen LogP contribution in [0.4, 0.5) is 0 Å². The van der Waals surface area contributed by atoms with E-state index in [1.165, 1.54) is 6.42 Å². The lowest BCUT2D eigenvalue weighted by molar-refractivity contribution is -0.141. The molecule has 0 aromatic carbocycles. The Bertz CT molecular complexity index is 647. The Balaban J connectivity index is 1.69. The molecule has 4 rings (SSSR count). The van der Waals surface area contributed by atoms with Crippen LogP contribution in [0, 0.1) is 12.8 Å². The minimum Gasteiger partial charge on any atom is -0.336 e. The molecular weight excluding hydrogens is 266 g/mol. The van der Waals surface area contributed by atoms with Crippen LogP contribution in [0.15, 0.2) is 4.79 Å². The van der Waals surface area contributed by atoms with Gasteiger partial charge in [0.25, 0.3) is 5.56 Å². The van der Waals surface area contributed by atoms with Gasteiger partial charge in [-0.15, -0.1) is 0 Å². The summed E-state index contributed by atoms with van der Waals surface area (Å²) in [7, 11) is 0. The fourth-order valence-corrected chi connectivity index (χ4v) is 4.09. The Morgan fingerprint density at radius 2 is 1.90 bits per heavy atom. The van der Waals surface area contributed by atoms with Crippen LogP contribution in [-0.2, 0) is 17.6 Å². The fourth-order valence-electron chi connectivity index (χ4n) is 4.09. The lowest BCUT2D eigenvalue weighted by Crippen LogP contribution is -2.46. The highest BCUT2D eigenvalue weighted by Gasteiger charge is 2.43. The number of carbonyl (C=O) groups excluding carboxylic acids is 1. The van der Waals surface area contributed by atoms with Crippen molar-refractivity contribution in [3.63, 3.8) is 0 Å². The first-order valence-electron chi connectivity index (χ1n) is 8.04. The summed E-state index contributed by atoms with van der Waals surface area (Å²) in [5, 5.41) is 0. The Morgan fingerprint density at radius 1 is 1.19 bits per heavy atom. The second kappa shape index (κ2) is 4.68. The van der Waals surface area contributed by atoms with Crippen LogP contribution in [0.25, 0.3) is 0 Å². The van der Waals surface area contributed by atoms with Crippen molar-refractivity contribution in [2.45, 2.75) is 64.0 Å². The lowest BCUT2D eigenvalue weighted by Gasteiger charge is -2.35. The van der Waals surface area contributed by atoms with E-state index in [4.69, 9.17) is 0 Å². The molecule has 0 spiro atoms. The summed E-state index contributed by atoms with van der Waals surface area (Å²) in [5.74, 6) is 1.24. The summed E-state index contributed by atoms with van der Waals surface area (Å²) in [6, 6.07) is 0.452. The Morgan fingerprint density at radius 3 is 2.57 bits per heavy atom. The van der Waals surface area contributed by atoms with Crippen LogP contribution >= 0.6 is 0 Å². The number of aromatic amines is 1. The predicted molar refractivity (Wildman–Crippen MR) is 78.0 cm³/mol. The normalized spacial score (nSPS) is 28.0. The highest BCUT2D eigenvalue weighted by molar-refractivity contribution is 5.80. The van der Waals surface area contributed by atoms with Gasteiger partial charge >= 0.3 is 0 Å². The maximum Gasteiger partial charge on any atom is 0.254 e. The summed E-state index contributed by atoms with van der Waals surface area (Å²) < 4.78 is 0. The van der Waals surface area contributed by atoms with Gasteiger partial charge in [0.1, 0.15) is 5.82 Å². The van der Waals surface area contributed by atoms with Crippen molar-refractivity contribution in [3.05, 3.63) is 27.4 Å². The predicted octanol–water partition coefficient (Wildman–Crippen LogP) is 1.34. The number of H-pyrrole nitrogens is 1. The van der Waals surface area contributed by atoms with Crippen molar-refractivity contribution >= 4 is 5.91 Å². The zero-order valence-electron chi connectivity index (χ0n) is 12.4. The van der Waals surface area contributed by atoms with Gasteiger partial charge in [-0.3, -0.25) is 9.59 Å². The molecule has 0 unspecified atom stereocenters. The van der Waals surface area contributed by atoms with E-state index in [1.807, 2.05) is 6.92 Å². The maximum absolute atomic E-state index is 12.7. The summed E-state index contributed by atoms with van der Waals surface area (Å²) in [5.41, 5.74) is 1.70. The Kier molecular flexibility index (Phi) is 2.91. The van der Waals surface area contributed by atoms with Crippen molar-refractivity contribution in [2.24, 2.45) is 5.92 Å². The molecule has 1 saturated carbocycles. The molecule has 1 aromatic heterocycles.